The van der Waals surface area contributed by atoms with Gasteiger partial charge in [0.15, 0.2) is 11.5 Å². The maximum absolute atomic E-state index is 12.1. The zero-order valence-corrected chi connectivity index (χ0v) is 11.6. The summed E-state index contributed by atoms with van der Waals surface area (Å²) in [5.74, 6) is 1.15. The third kappa shape index (κ3) is 3.76. The summed E-state index contributed by atoms with van der Waals surface area (Å²) in [6.45, 7) is 8.52. The van der Waals surface area contributed by atoms with Crippen molar-refractivity contribution in [3.8, 4) is 11.5 Å². The van der Waals surface area contributed by atoms with E-state index in [1.54, 1.807) is 6.07 Å². The molecule has 0 aliphatic carbocycles. The third-order valence-corrected chi connectivity index (χ3v) is 2.91. The van der Waals surface area contributed by atoms with Gasteiger partial charge >= 0.3 is 5.97 Å². The summed E-state index contributed by atoms with van der Waals surface area (Å²) < 4.78 is 10.9. The van der Waals surface area contributed by atoms with Crippen LogP contribution in [-0.4, -0.2) is 12.6 Å². The van der Waals surface area contributed by atoms with Gasteiger partial charge in [-0.15, -0.1) is 0 Å². The minimum Gasteiger partial charge on any atom is -0.490 e. The van der Waals surface area contributed by atoms with Crippen LogP contribution in [0.15, 0.2) is 24.3 Å². The fourth-order valence-electron chi connectivity index (χ4n) is 1.90. The number of ether oxygens (including phenoxy) is 2. The molecule has 18 heavy (non-hydrogen) atoms. The molecule has 0 aliphatic rings. The molecule has 0 aliphatic heterocycles. The van der Waals surface area contributed by atoms with E-state index in [4.69, 9.17) is 9.47 Å². The molecule has 0 N–H and O–H groups in total. The summed E-state index contributed by atoms with van der Waals surface area (Å²) in [7, 11) is 0. The highest BCUT2D eigenvalue weighted by molar-refractivity contribution is 5.76. The monoisotopic (exact) mass is 250 g/mol. The highest BCUT2D eigenvalue weighted by Crippen LogP contribution is 2.28. The zero-order chi connectivity index (χ0) is 13.5. The molecule has 100 valence electrons. The highest BCUT2D eigenvalue weighted by Gasteiger charge is 2.23. The van der Waals surface area contributed by atoms with E-state index in [9.17, 15) is 4.79 Å². The summed E-state index contributed by atoms with van der Waals surface area (Å²) in [6.07, 6.45) is 0.785. The van der Waals surface area contributed by atoms with Crippen LogP contribution in [0, 0.1) is 11.8 Å². The van der Waals surface area contributed by atoms with Crippen LogP contribution >= 0.6 is 0 Å². The first-order valence-corrected chi connectivity index (χ1v) is 6.53. The Balaban J connectivity index is 2.80. The van der Waals surface area contributed by atoms with Gasteiger partial charge in [0.1, 0.15) is 0 Å². The molecule has 1 atom stereocenters. The molecule has 1 rings (SSSR count). The van der Waals surface area contributed by atoms with Crippen LogP contribution < -0.4 is 9.47 Å². The van der Waals surface area contributed by atoms with Crippen LogP contribution in [0.3, 0.4) is 0 Å². The maximum Gasteiger partial charge on any atom is 0.314 e. The van der Waals surface area contributed by atoms with Crippen LogP contribution in [0.25, 0.3) is 0 Å². The second-order valence-corrected chi connectivity index (χ2v) is 4.56. The first kappa shape index (κ1) is 14.6. The number of carbonyl (C=O) groups is 1. The lowest BCUT2D eigenvalue weighted by Gasteiger charge is -2.18. The average Bonchev–Trinajstić information content (AvgIpc) is 2.32. The molecule has 0 saturated heterocycles. The molecule has 3 heteroatoms. The Labute approximate surface area is 109 Å². The number of hydrogen-bond donors (Lipinski definition) is 0. The molecule has 1 unspecified atom stereocenters. The van der Waals surface area contributed by atoms with Crippen molar-refractivity contribution >= 4 is 5.97 Å². The van der Waals surface area contributed by atoms with Gasteiger partial charge in [0.05, 0.1) is 12.5 Å². The van der Waals surface area contributed by atoms with Crippen molar-refractivity contribution in [1.82, 2.24) is 0 Å². The maximum atomic E-state index is 12.1. The molecule has 0 amide bonds. The molecular weight excluding hydrogens is 228 g/mol. The number of hydrogen-bond acceptors (Lipinski definition) is 3. The van der Waals surface area contributed by atoms with E-state index in [-0.39, 0.29) is 17.8 Å². The predicted octanol–water partition coefficient (Wildman–Crippen LogP) is 3.67. The smallest absolute Gasteiger partial charge is 0.314 e. The summed E-state index contributed by atoms with van der Waals surface area (Å²) in [6, 6.07) is 7.27. The van der Waals surface area contributed by atoms with Gasteiger partial charge in [0, 0.05) is 0 Å². The van der Waals surface area contributed by atoms with E-state index < -0.39 is 0 Å². The van der Waals surface area contributed by atoms with Crippen molar-refractivity contribution in [3.63, 3.8) is 0 Å². The Morgan fingerprint density at radius 1 is 1.17 bits per heavy atom. The molecule has 0 bridgehead atoms. The van der Waals surface area contributed by atoms with Crippen molar-refractivity contribution in [1.29, 1.82) is 0 Å². The second kappa shape index (κ2) is 7.04. The van der Waals surface area contributed by atoms with E-state index in [0.29, 0.717) is 18.1 Å². The number of rotatable bonds is 6. The van der Waals surface area contributed by atoms with Crippen LogP contribution in [-0.2, 0) is 4.79 Å². The quantitative estimate of drug-likeness (QED) is 0.571. The summed E-state index contributed by atoms with van der Waals surface area (Å²) in [4.78, 5) is 12.1. The average molecular weight is 250 g/mol. The SMILES string of the molecule is CCOc1ccccc1OC(=O)C(CC)C(C)C. The number of benzene rings is 1. The molecule has 3 nitrogen and oxygen atoms in total. The summed E-state index contributed by atoms with van der Waals surface area (Å²) >= 11 is 0. The Hall–Kier alpha value is -1.51. The fraction of sp³-hybridized carbons (Fsp3) is 0.533. The lowest BCUT2D eigenvalue weighted by molar-refractivity contribution is -0.140. The summed E-state index contributed by atoms with van der Waals surface area (Å²) in [5.41, 5.74) is 0. The van der Waals surface area contributed by atoms with Crippen molar-refractivity contribution in [3.05, 3.63) is 24.3 Å². The van der Waals surface area contributed by atoms with Crippen LogP contribution in [0.2, 0.25) is 0 Å². The second-order valence-electron chi connectivity index (χ2n) is 4.56. The van der Waals surface area contributed by atoms with Gasteiger partial charge in [-0.05, 0) is 31.4 Å². The Morgan fingerprint density at radius 3 is 2.28 bits per heavy atom. The first-order valence-electron chi connectivity index (χ1n) is 6.53. The van der Waals surface area contributed by atoms with E-state index in [2.05, 4.69) is 0 Å². The fourth-order valence-corrected chi connectivity index (χ4v) is 1.90. The van der Waals surface area contributed by atoms with E-state index in [1.807, 2.05) is 45.9 Å². The highest BCUT2D eigenvalue weighted by atomic mass is 16.6. The first-order chi connectivity index (χ1) is 8.60. The largest absolute Gasteiger partial charge is 0.490 e. The van der Waals surface area contributed by atoms with Gasteiger partial charge in [-0.1, -0.05) is 32.9 Å². The van der Waals surface area contributed by atoms with Crippen molar-refractivity contribution in [2.75, 3.05) is 6.61 Å². The van der Waals surface area contributed by atoms with E-state index in [1.165, 1.54) is 0 Å². The van der Waals surface area contributed by atoms with Gasteiger partial charge in [-0.3, -0.25) is 4.79 Å². The normalized spacial score (nSPS) is 12.3. The molecular formula is C15H22O3. The minimum absolute atomic E-state index is 0.0697. The molecule has 0 fully saturated rings. The number of carbonyl (C=O) groups excluding carboxylic acids is 1. The lowest BCUT2D eigenvalue weighted by Crippen LogP contribution is -2.24. The van der Waals surface area contributed by atoms with Gasteiger partial charge in [0.2, 0.25) is 0 Å². The summed E-state index contributed by atoms with van der Waals surface area (Å²) in [5, 5.41) is 0. The molecule has 0 saturated carbocycles. The number of para-hydroxylation sites is 2. The topological polar surface area (TPSA) is 35.5 Å². The van der Waals surface area contributed by atoms with Gasteiger partial charge in [-0.2, -0.15) is 0 Å². The van der Waals surface area contributed by atoms with Crippen molar-refractivity contribution < 1.29 is 14.3 Å². The Bertz CT molecular complexity index is 385. The van der Waals surface area contributed by atoms with E-state index in [0.717, 1.165) is 6.42 Å². The Kier molecular flexibility index (Phi) is 5.69. The zero-order valence-electron chi connectivity index (χ0n) is 11.6. The van der Waals surface area contributed by atoms with Crippen LogP contribution in [0.4, 0.5) is 0 Å². The van der Waals surface area contributed by atoms with Crippen LogP contribution in [0.1, 0.15) is 34.1 Å². The minimum atomic E-state index is -0.181. The third-order valence-electron chi connectivity index (χ3n) is 2.91. The molecule has 0 aromatic heterocycles. The predicted molar refractivity (Wildman–Crippen MR) is 71.9 cm³/mol. The van der Waals surface area contributed by atoms with Crippen molar-refractivity contribution in [2.24, 2.45) is 11.8 Å². The van der Waals surface area contributed by atoms with Crippen LogP contribution in [0.5, 0.6) is 11.5 Å². The number of esters is 1. The molecule has 0 heterocycles. The van der Waals surface area contributed by atoms with Crippen molar-refractivity contribution in [2.45, 2.75) is 34.1 Å². The van der Waals surface area contributed by atoms with Gasteiger partial charge < -0.3 is 9.47 Å². The lowest BCUT2D eigenvalue weighted by atomic mass is 9.93. The molecule has 0 radical (unpaired) electrons. The molecule has 1 aromatic rings. The standard InChI is InChI=1S/C15H22O3/c1-5-12(11(3)4)15(16)18-14-10-8-7-9-13(14)17-6-2/h7-12H,5-6H2,1-4H3. The molecule has 1 aromatic carbocycles. The van der Waals surface area contributed by atoms with Gasteiger partial charge in [0.25, 0.3) is 0 Å². The molecule has 0 spiro atoms. The van der Waals surface area contributed by atoms with Gasteiger partial charge in [-0.25, -0.2) is 0 Å². The van der Waals surface area contributed by atoms with E-state index >= 15 is 0 Å². The Morgan fingerprint density at radius 2 is 1.78 bits per heavy atom.